The van der Waals surface area contributed by atoms with Crippen LogP contribution in [0.5, 0.6) is 5.75 Å². The number of nitrogens with zero attached hydrogens (tertiary/aromatic N) is 2. The van der Waals surface area contributed by atoms with Crippen molar-refractivity contribution < 1.29 is 22.9 Å². The van der Waals surface area contributed by atoms with E-state index in [1.165, 1.54) is 29.6 Å². The number of anilines is 1. The van der Waals surface area contributed by atoms with Gasteiger partial charge in [-0.25, -0.2) is 12.7 Å². The maximum Gasteiger partial charge on any atom is 0.275 e. The first-order valence-electron chi connectivity index (χ1n) is 7.30. The minimum atomic E-state index is -3.35. The summed E-state index contributed by atoms with van der Waals surface area (Å²) in [6, 6.07) is 3.96. The van der Waals surface area contributed by atoms with Crippen molar-refractivity contribution in [1.29, 1.82) is 0 Å². The third-order valence-corrected chi connectivity index (χ3v) is 5.10. The van der Waals surface area contributed by atoms with E-state index in [1.807, 2.05) is 0 Å². The largest absolute Gasteiger partial charge is 0.496 e. The first-order valence-corrected chi connectivity index (χ1v) is 9.15. The van der Waals surface area contributed by atoms with E-state index in [0.717, 1.165) is 6.26 Å². The summed E-state index contributed by atoms with van der Waals surface area (Å²) in [7, 11) is -1.98. The molecule has 1 saturated heterocycles. The zero-order chi connectivity index (χ0) is 17.9. The molecule has 1 aliphatic heterocycles. The molecular weight excluding hydrogens is 338 g/mol. The van der Waals surface area contributed by atoms with E-state index >= 15 is 0 Å². The molecule has 1 aliphatic rings. The fourth-order valence-corrected chi connectivity index (χ4v) is 3.49. The van der Waals surface area contributed by atoms with Crippen LogP contribution < -0.4 is 10.1 Å². The van der Waals surface area contributed by atoms with Crippen LogP contribution in [0.1, 0.15) is 12.8 Å². The Morgan fingerprint density at radius 2 is 2.12 bits per heavy atom. The fraction of sp³-hybridized carbons (Fsp3) is 0.500. The van der Waals surface area contributed by atoms with Gasteiger partial charge in [0.25, 0.3) is 5.69 Å². The lowest BCUT2D eigenvalue weighted by Crippen LogP contribution is -2.43. The third kappa shape index (κ3) is 4.42. The van der Waals surface area contributed by atoms with Crippen LogP contribution in [0.25, 0.3) is 0 Å². The van der Waals surface area contributed by atoms with Crippen LogP contribution in [0.15, 0.2) is 18.2 Å². The van der Waals surface area contributed by atoms with Crippen molar-refractivity contribution in [1.82, 2.24) is 4.31 Å². The highest BCUT2D eigenvalue weighted by molar-refractivity contribution is 7.88. The molecule has 1 amide bonds. The van der Waals surface area contributed by atoms with Gasteiger partial charge >= 0.3 is 0 Å². The van der Waals surface area contributed by atoms with Gasteiger partial charge < -0.3 is 10.1 Å². The maximum atomic E-state index is 12.4. The minimum absolute atomic E-state index is 0.108. The molecule has 132 valence electrons. The molecule has 1 aromatic rings. The first-order chi connectivity index (χ1) is 11.2. The average Bonchev–Trinajstić information content (AvgIpc) is 2.53. The number of nitro benzene ring substituents is 1. The molecule has 9 nitrogen and oxygen atoms in total. The monoisotopic (exact) mass is 357 g/mol. The Kier molecular flexibility index (Phi) is 5.40. The summed E-state index contributed by atoms with van der Waals surface area (Å²) in [5, 5.41) is 13.5. The summed E-state index contributed by atoms with van der Waals surface area (Å²) in [4.78, 5) is 22.7. The van der Waals surface area contributed by atoms with Crippen LogP contribution in [-0.2, 0) is 14.8 Å². The maximum absolute atomic E-state index is 12.4. The van der Waals surface area contributed by atoms with E-state index in [4.69, 9.17) is 4.74 Å². The van der Waals surface area contributed by atoms with Crippen molar-refractivity contribution in [2.24, 2.45) is 5.92 Å². The Morgan fingerprint density at radius 1 is 1.42 bits per heavy atom. The highest BCUT2D eigenvalue weighted by atomic mass is 32.2. The second-order valence-electron chi connectivity index (χ2n) is 5.63. The van der Waals surface area contributed by atoms with Crippen molar-refractivity contribution in [3.8, 4) is 5.75 Å². The molecular formula is C14H19N3O6S. The van der Waals surface area contributed by atoms with E-state index in [9.17, 15) is 23.3 Å². The Bertz CT molecular complexity index is 749. The van der Waals surface area contributed by atoms with E-state index in [-0.39, 0.29) is 29.6 Å². The molecule has 0 spiro atoms. The van der Waals surface area contributed by atoms with Crippen molar-refractivity contribution in [2.75, 3.05) is 31.8 Å². The number of hydrogen-bond donors (Lipinski definition) is 1. The topological polar surface area (TPSA) is 119 Å². The number of amides is 1. The lowest BCUT2D eigenvalue weighted by Gasteiger charge is -2.30. The van der Waals surface area contributed by atoms with Gasteiger partial charge in [0, 0.05) is 25.2 Å². The predicted molar refractivity (Wildman–Crippen MR) is 87.4 cm³/mol. The van der Waals surface area contributed by atoms with Gasteiger partial charge in [-0.1, -0.05) is 0 Å². The van der Waals surface area contributed by atoms with Gasteiger partial charge in [-0.05, 0) is 12.8 Å². The van der Waals surface area contributed by atoms with Crippen LogP contribution in [0.4, 0.5) is 11.4 Å². The second-order valence-corrected chi connectivity index (χ2v) is 7.61. The highest BCUT2D eigenvalue weighted by Gasteiger charge is 2.30. The number of rotatable bonds is 5. The zero-order valence-electron chi connectivity index (χ0n) is 13.4. The van der Waals surface area contributed by atoms with Gasteiger partial charge in [0.05, 0.1) is 36.0 Å². The number of piperidine rings is 1. The Labute approximate surface area is 139 Å². The number of non-ortho nitro benzene ring substituents is 1. The van der Waals surface area contributed by atoms with Gasteiger partial charge in [0.1, 0.15) is 5.75 Å². The summed E-state index contributed by atoms with van der Waals surface area (Å²) in [6.45, 7) is 0.504. The van der Waals surface area contributed by atoms with Gasteiger partial charge in [0.15, 0.2) is 0 Å². The Hall–Kier alpha value is -2.20. The Balaban J connectivity index is 2.14. The van der Waals surface area contributed by atoms with Gasteiger partial charge in [-0.2, -0.15) is 0 Å². The number of nitro groups is 1. The van der Waals surface area contributed by atoms with Crippen molar-refractivity contribution in [3.63, 3.8) is 0 Å². The van der Waals surface area contributed by atoms with E-state index in [2.05, 4.69) is 5.32 Å². The fourth-order valence-electron chi connectivity index (χ4n) is 2.58. The van der Waals surface area contributed by atoms with E-state index in [1.54, 1.807) is 0 Å². The van der Waals surface area contributed by atoms with Crippen LogP contribution in [0, 0.1) is 16.0 Å². The third-order valence-electron chi connectivity index (χ3n) is 3.83. The molecule has 0 bridgehead atoms. The Morgan fingerprint density at radius 3 is 2.71 bits per heavy atom. The average molecular weight is 357 g/mol. The molecule has 1 atom stereocenters. The molecule has 1 heterocycles. The number of hydrogen-bond acceptors (Lipinski definition) is 6. The molecule has 0 aromatic heterocycles. The summed E-state index contributed by atoms with van der Waals surface area (Å²) < 4.78 is 29.5. The van der Waals surface area contributed by atoms with Gasteiger partial charge in [-0.3, -0.25) is 14.9 Å². The van der Waals surface area contributed by atoms with Gasteiger partial charge in [0.2, 0.25) is 15.9 Å². The molecule has 1 N–H and O–H groups in total. The number of ether oxygens (including phenoxy) is 1. The number of sulfonamides is 1. The number of methoxy groups -OCH3 is 1. The van der Waals surface area contributed by atoms with Crippen LogP contribution >= 0.6 is 0 Å². The highest BCUT2D eigenvalue weighted by Crippen LogP contribution is 2.27. The lowest BCUT2D eigenvalue weighted by atomic mass is 9.98. The summed E-state index contributed by atoms with van der Waals surface area (Å²) in [5.74, 6) is -0.620. The van der Waals surface area contributed by atoms with Gasteiger partial charge in [-0.15, -0.1) is 0 Å². The molecule has 0 aliphatic carbocycles. The minimum Gasteiger partial charge on any atom is -0.496 e. The molecule has 1 aromatic carbocycles. The van der Waals surface area contributed by atoms with Crippen molar-refractivity contribution in [3.05, 3.63) is 28.3 Å². The summed E-state index contributed by atoms with van der Waals surface area (Å²) in [5.41, 5.74) is 0.0357. The second kappa shape index (κ2) is 7.14. The summed E-state index contributed by atoms with van der Waals surface area (Å²) in [6.07, 6.45) is 2.26. The molecule has 0 radical (unpaired) electrons. The van der Waals surface area contributed by atoms with Crippen molar-refractivity contribution in [2.45, 2.75) is 12.8 Å². The number of carbonyl (C=O) groups is 1. The molecule has 24 heavy (non-hydrogen) atoms. The first kappa shape index (κ1) is 18.1. The van der Waals surface area contributed by atoms with Crippen LogP contribution in [-0.4, -0.2) is 50.0 Å². The lowest BCUT2D eigenvalue weighted by molar-refractivity contribution is -0.384. The molecule has 1 fully saturated rings. The van der Waals surface area contributed by atoms with E-state index < -0.39 is 20.9 Å². The number of carbonyl (C=O) groups excluding carboxylic acids is 1. The predicted octanol–water partition coefficient (Wildman–Crippen LogP) is 1.21. The molecule has 1 unspecified atom stereocenters. The van der Waals surface area contributed by atoms with E-state index in [0.29, 0.717) is 19.4 Å². The molecule has 0 saturated carbocycles. The molecule has 2 rings (SSSR count). The summed E-state index contributed by atoms with van der Waals surface area (Å²) >= 11 is 0. The van der Waals surface area contributed by atoms with Crippen LogP contribution in [0.2, 0.25) is 0 Å². The zero-order valence-corrected chi connectivity index (χ0v) is 14.2. The quantitative estimate of drug-likeness (QED) is 0.625. The number of benzene rings is 1. The van der Waals surface area contributed by atoms with Crippen molar-refractivity contribution >= 4 is 27.3 Å². The standard InChI is InChI=1S/C14H19N3O6S/c1-23-13-7-11(6-12(8-13)17(19)20)15-14(18)10-4-3-5-16(9-10)24(2,21)22/h6-8,10H,3-5,9H2,1-2H3,(H,15,18). The normalized spacial score (nSPS) is 18.8. The van der Waals surface area contributed by atoms with Crippen LogP contribution in [0.3, 0.4) is 0 Å². The molecule has 10 heteroatoms. The SMILES string of the molecule is COc1cc(NC(=O)C2CCCN(S(C)(=O)=O)C2)cc([N+](=O)[O-])c1. The number of nitrogens with one attached hydrogen (secondary N) is 1. The smallest absolute Gasteiger partial charge is 0.275 e.